The Kier molecular flexibility index (Phi) is 3.94. The van der Waals surface area contributed by atoms with Crippen molar-refractivity contribution in [3.05, 3.63) is 36.2 Å². The molecule has 0 atom stereocenters. The Morgan fingerprint density at radius 3 is 2.79 bits per heavy atom. The average molecular weight is 260 g/mol. The quantitative estimate of drug-likeness (QED) is 0.810. The second-order valence-electron chi connectivity index (χ2n) is 4.76. The number of ether oxygens (including phenoxy) is 1. The van der Waals surface area contributed by atoms with Crippen molar-refractivity contribution in [1.82, 2.24) is 9.78 Å². The van der Waals surface area contributed by atoms with E-state index in [9.17, 15) is 0 Å². The highest BCUT2D eigenvalue weighted by molar-refractivity contribution is 5.59. The molecule has 0 fully saturated rings. The van der Waals surface area contributed by atoms with Crippen molar-refractivity contribution in [3.63, 3.8) is 0 Å². The third-order valence-corrected chi connectivity index (χ3v) is 2.70. The summed E-state index contributed by atoms with van der Waals surface area (Å²) in [4.78, 5) is 0. The van der Waals surface area contributed by atoms with Crippen molar-refractivity contribution in [2.24, 2.45) is 7.05 Å². The van der Waals surface area contributed by atoms with Crippen LogP contribution in [-0.2, 0) is 13.6 Å². The zero-order valence-corrected chi connectivity index (χ0v) is 11.6. The van der Waals surface area contributed by atoms with E-state index in [1.54, 1.807) is 6.20 Å². The molecule has 102 valence electrons. The molecule has 0 spiro atoms. The molecule has 2 rings (SSSR count). The van der Waals surface area contributed by atoms with Gasteiger partial charge >= 0.3 is 0 Å². The zero-order chi connectivity index (χ0) is 13.8. The van der Waals surface area contributed by atoms with E-state index in [1.165, 1.54) is 0 Å². The molecule has 2 aromatic rings. The first-order valence-corrected chi connectivity index (χ1v) is 6.32. The first kappa shape index (κ1) is 13.3. The number of hydrogen-bond acceptors (Lipinski definition) is 4. The van der Waals surface area contributed by atoms with Gasteiger partial charge in [0.15, 0.2) is 0 Å². The molecule has 0 bridgehead atoms. The summed E-state index contributed by atoms with van der Waals surface area (Å²) < 4.78 is 7.50. The van der Waals surface area contributed by atoms with Crippen LogP contribution >= 0.6 is 0 Å². The Labute approximate surface area is 113 Å². The smallest absolute Gasteiger partial charge is 0.123 e. The third-order valence-electron chi connectivity index (χ3n) is 2.70. The minimum atomic E-state index is 0.131. The molecular weight excluding hydrogens is 240 g/mol. The van der Waals surface area contributed by atoms with Gasteiger partial charge < -0.3 is 15.8 Å². The monoisotopic (exact) mass is 260 g/mol. The van der Waals surface area contributed by atoms with Crippen molar-refractivity contribution < 1.29 is 4.74 Å². The molecule has 0 saturated heterocycles. The standard InChI is InChI=1S/C14H20N4O/c1-10(2)19-14-7-11(15)6-12(8-14)16-9-13-4-5-17-18(13)3/h4-8,10,16H,9,15H2,1-3H3. The van der Waals surface area contributed by atoms with Gasteiger partial charge in [0, 0.05) is 36.8 Å². The molecule has 0 aliphatic rings. The summed E-state index contributed by atoms with van der Waals surface area (Å²) in [5, 5.41) is 7.45. The first-order chi connectivity index (χ1) is 9.04. The van der Waals surface area contributed by atoms with Crippen molar-refractivity contribution in [3.8, 4) is 5.75 Å². The van der Waals surface area contributed by atoms with Gasteiger partial charge in [-0.2, -0.15) is 5.10 Å². The molecule has 0 unspecified atom stereocenters. The lowest BCUT2D eigenvalue weighted by Gasteiger charge is -2.13. The lowest BCUT2D eigenvalue weighted by Crippen LogP contribution is -2.08. The summed E-state index contributed by atoms with van der Waals surface area (Å²) in [6.45, 7) is 4.68. The average Bonchev–Trinajstić information content (AvgIpc) is 2.70. The van der Waals surface area contributed by atoms with E-state index in [0.717, 1.165) is 17.1 Å². The van der Waals surface area contributed by atoms with Crippen LogP contribution in [0.4, 0.5) is 11.4 Å². The number of benzene rings is 1. The Morgan fingerprint density at radius 2 is 2.16 bits per heavy atom. The van der Waals surface area contributed by atoms with Crippen LogP contribution in [-0.4, -0.2) is 15.9 Å². The van der Waals surface area contributed by atoms with Crippen molar-refractivity contribution in [1.29, 1.82) is 0 Å². The van der Waals surface area contributed by atoms with Crippen molar-refractivity contribution in [2.75, 3.05) is 11.1 Å². The number of rotatable bonds is 5. The Balaban J connectivity index is 2.07. The molecule has 0 amide bonds. The fourth-order valence-electron chi connectivity index (χ4n) is 1.83. The van der Waals surface area contributed by atoms with Crippen LogP contribution in [0.25, 0.3) is 0 Å². The summed E-state index contributed by atoms with van der Waals surface area (Å²) in [5.74, 6) is 0.780. The summed E-state index contributed by atoms with van der Waals surface area (Å²) in [7, 11) is 1.92. The van der Waals surface area contributed by atoms with Gasteiger partial charge in [-0.1, -0.05) is 0 Å². The van der Waals surface area contributed by atoms with Crippen LogP contribution in [0.1, 0.15) is 19.5 Å². The second kappa shape index (κ2) is 5.65. The lowest BCUT2D eigenvalue weighted by atomic mass is 10.2. The molecule has 19 heavy (non-hydrogen) atoms. The SMILES string of the molecule is CC(C)Oc1cc(N)cc(NCc2ccnn2C)c1. The Morgan fingerprint density at radius 1 is 1.37 bits per heavy atom. The second-order valence-corrected chi connectivity index (χ2v) is 4.76. The van der Waals surface area contributed by atoms with Gasteiger partial charge in [-0.25, -0.2) is 0 Å². The number of nitrogens with zero attached hydrogens (tertiary/aromatic N) is 2. The first-order valence-electron chi connectivity index (χ1n) is 6.32. The number of nitrogens with two attached hydrogens (primary N) is 1. The number of nitrogens with one attached hydrogen (secondary N) is 1. The predicted octanol–water partition coefficient (Wildman–Crippen LogP) is 2.40. The fraction of sp³-hybridized carbons (Fsp3) is 0.357. The van der Waals surface area contributed by atoms with E-state index in [4.69, 9.17) is 10.5 Å². The maximum absolute atomic E-state index is 5.88. The van der Waals surface area contributed by atoms with E-state index in [0.29, 0.717) is 12.2 Å². The van der Waals surface area contributed by atoms with E-state index in [1.807, 2.05) is 49.8 Å². The molecule has 0 aliphatic heterocycles. The molecule has 0 saturated carbocycles. The largest absolute Gasteiger partial charge is 0.491 e. The van der Waals surface area contributed by atoms with E-state index in [2.05, 4.69) is 10.4 Å². The van der Waals surface area contributed by atoms with Crippen LogP contribution in [0.15, 0.2) is 30.5 Å². The normalized spacial score (nSPS) is 10.7. The number of aromatic nitrogens is 2. The Hall–Kier alpha value is -2.17. The molecule has 1 aromatic carbocycles. The lowest BCUT2D eigenvalue weighted by molar-refractivity contribution is 0.242. The van der Waals surface area contributed by atoms with Gasteiger partial charge in [0.1, 0.15) is 5.75 Å². The van der Waals surface area contributed by atoms with Gasteiger partial charge in [-0.05, 0) is 26.0 Å². The van der Waals surface area contributed by atoms with E-state index in [-0.39, 0.29) is 6.10 Å². The summed E-state index contributed by atoms with van der Waals surface area (Å²) >= 11 is 0. The maximum atomic E-state index is 5.88. The number of nitrogen functional groups attached to an aromatic ring is 1. The molecule has 3 N–H and O–H groups in total. The number of anilines is 2. The molecule has 0 radical (unpaired) electrons. The van der Waals surface area contributed by atoms with Gasteiger partial charge in [0.25, 0.3) is 0 Å². The minimum absolute atomic E-state index is 0.131. The number of hydrogen-bond donors (Lipinski definition) is 2. The van der Waals surface area contributed by atoms with Gasteiger partial charge in [0.05, 0.1) is 18.3 Å². The molecular formula is C14H20N4O. The third kappa shape index (κ3) is 3.64. The molecule has 5 heteroatoms. The van der Waals surface area contributed by atoms with E-state index < -0.39 is 0 Å². The fourth-order valence-corrected chi connectivity index (χ4v) is 1.83. The molecule has 5 nitrogen and oxygen atoms in total. The topological polar surface area (TPSA) is 65.1 Å². The highest BCUT2D eigenvalue weighted by atomic mass is 16.5. The summed E-state index contributed by atoms with van der Waals surface area (Å²) in [6, 6.07) is 7.65. The molecule has 1 aromatic heterocycles. The molecule has 1 heterocycles. The van der Waals surface area contributed by atoms with Gasteiger partial charge in [-0.15, -0.1) is 0 Å². The van der Waals surface area contributed by atoms with E-state index >= 15 is 0 Å². The van der Waals surface area contributed by atoms with Crippen LogP contribution in [0.3, 0.4) is 0 Å². The highest BCUT2D eigenvalue weighted by Gasteiger charge is 2.03. The van der Waals surface area contributed by atoms with Crippen molar-refractivity contribution in [2.45, 2.75) is 26.5 Å². The minimum Gasteiger partial charge on any atom is -0.491 e. The maximum Gasteiger partial charge on any atom is 0.123 e. The van der Waals surface area contributed by atoms with Crippen LogP contribution in [0.5, 0.6) is 5.75 Å². The summed E-state index contributed by atoms with van der Waals surface area (Å²) in [6.07, 6.45) is 1.91. The highest BCUT2D eigenvalue weighted by Crippen LogP contribution is 2.23. The predicted molar refractivity (Wildman–Crippen MR) is 77.2 cm³/mol. The molecule has 0 aliphatic carbocycles. The number of aryl methyl sites for hydroxylation is 1. The van der Waals surface area contributed by atoms with Gasteiger partial charge in [-0.3, -0.25) is 4.68 Å². The Bertz CT molecular complexity index is 548. The summed E-state index contributed by atoms with van der Waals surface area (Å²) in [5.41, 5.74) is 8.61. The van der Waals surface area contributed by atoms with Gasteiger partial charge in [0.2, 0.25) is 0 Å². The van der Waals surface area contributed by atoms with Crippen LogP contribution in [0, 0.1) is 0 Å². The van der Waals surface area contributed by atoms with Crippen LogP contribution in [0.2, 0.25) is 0 Å². The van der Waals surface area contributed by atoms with Crippen molar-refractivity contribution >= 4 is 11.4 Å². The zero-order valence-electron chi connectivity index (χ0n) is 11.6. The van der Waals surface area contributed by atoms with Crippen LogP contribution < -0.4 is 15.8 Å².